The van der Waals surface area contributed by atoms with Crippen molar-refractivity contribution >= 4 is 11.8 Å². The molecule has 1 heterocycles. The highest BCUT2D eigenvalue weighted by Gasteiger charge is 2.11. The SMILES string of the molecule is CC.COC(=O)c1cnc(NC(C)C)c(C#N)c1. The molecule has 0 saturated carbocycles. The summed E-state index contributed by atoms with van der Waals surface area (Å²) in [6, 6.07) is 3.62. The number of hydrogen-bond donors (Lipinski definition) is 1. The van der Waals surface area contributed by atoms with Gasteiger partial charge in [0.25, 0.3) is 0 Å². The van der Waals surface area contributed by atoms with Crippen LogP contribution in [0.5, 0.6) is 0 Å². The van der Waals surface area contributed by atoms with Gasteiger partial charge >= 0.3 is 5.97 Å². The van der Waals surface area contributed by atoms with Crippen molar-refractivity contribution in [3.05, 3.63) is 23.4 Å². The standard InChI is InChI=1S/C11H13N3O2.C2H6/c1-7(2)14-10-8(5-12)4-9(6-13-10)11(15)16-3;1-2/h4,6-7H,1-3H3,(H,13,14);1-2H3. The maximum atomic E-state index is 11.2. The third-order valence-electron chi connectivity index (χ3n) is 1.85. The fraction of sp³-hybridized carbons (Fsp3) is 0.462. The second-order valence-electron chi connectivity index (χ2n) is 3.52. The van der Waals surface area contributed by atoms with E-state index < -0.39 is 5.97 Å². The summed E-state index contributed by atoms with van der Waals surface area (Å²) in [6.45, 7) is 7.88. The monoisotopic (exact) mass is 249 g/mol. The second kappa shape index (κ2) is 8.07. The maximum absolute atomic E-state index is 11.2. The molecule has 0 spiro atoms. The highest BCUT2D eigenvalue weighted by molar-refractivity contribution is 5.89. The van der Waals surface area contributed by atoms with Gasteiger partial charge in [0.05, 0.1) is 18.2 Å². The Kier molecular flexibility index (Phi) is 7.13. The van der Waals surface area contributed by atoms with Crippen molar-refractivity contribution in [2.24, 2.45) is 0 Å². The van der Waals surface area contributed by atoms with E-state index in [0.29, 0.717) is 11.4 Å². The van der Waals surface area contributed by atoms with Crippen molar-refractivity contribution < 1.29 is 9.53 Å². The average Bonchev–Trinajstić information content (AvgIpc) is 2.40. The molecule has 0 atom stereocenters. The van der Waals surface area contributed by atoms with Crippen LogP contribution in [-0.2, 0) is 4.74 Å². The van der Waals surface area contributed by atoms with Crippen LogP contribution in [0.2, 0.25) is 0 Å². The summed E-state index contributed by atoms with van der Waals surface area (Å²) in [6.07, 6.45) is 1.39. The molecule has 0 aromatic carbocycles. The van der Waals surface area contributed by atoms with Gasteiger partial charge in [-0.3, -0.25) is 0 Å². The van der Waals surface area contributed by atoms with Gasteiger partial charge in [-0.25, -0.2) is 9.78 Å². The highest BCUT2D eigenvalue weighted by Crippen LogP contribution is 2.14. The molecule has 0 aliphatic rings. The highest BCUT2D eigenvalue weighted by atomic mass is 16.5. The molecule has 1 rings (SSSR count). The first-order valence-electron chi connectivity index (χ1n) is 5.83. The predicted molar refractivity (Wildman–Crippen MR) is 70.4 cm³/mol. The fourth-order valence-electron chi connectivity index (χ4n) is 1.17. The molecule has 5 heteroatoms. The van der Waals surface area contributed by atoms with Crippen molar-refractivity contribution in [2.45, 2.75) is 33.7 Å². The molecule has 1 N–H and O–H groups in total. The lowest BCUT2D eigenvalue weighted by molar-refractivity contribution is 0.0600. The van der Waals surface area contributed by atoms with Crippen molar-refractivity contribution in [1.82, 2.24) is 4.98 Å². The number of rotatable bonds is 3. The summed E-state index contributed by atoms with van der Waals surface area (Å²) in [5, 5.41) is 12.0. The zero-order chi connectivity index (χ0) is 14.1. The Morgan fingerprint density at radius 2 is 2.11 bits per heavy atom. The molecule has 0 unspecified atom stereocenters. The van der Waals surface area contributed by atoms with E-state index in [1.54, 1.807) is 0 Å². The molecule has 1 aromatic heterocycles. The number of aromatic nitrogens is 1. The lowest BCUT2D eigenvalue weighted by Crippen LogP contribution is -2.13. The second-order valence-corrected chi connectivity index (χ2v) is 3.52. The number of nitrogens with zero attached hydrogens (tertiary/aromatic N) is 2. The van der Waals surface area contributed by atoms with Gasteiger partial charge < -0.3 is 10.1 Å². The Bertz CT molecular complexity index is 436. The summed E-state index contributed by atoms with van der Waals surface area (Å²) < 4.78 is 4.55. The number of ether oxygens (including phenoxy) is 1. The first kappa shape index (κ1) is 15.9. The first-order valence-corrected chi connectivity index (χ1v) is 5.83. The molecule has 0 aliphatic heterocycles. The molecule has 0 radical (unpaired) electrons. The van der Waals surface area contributed by atoms with Gasteiger partial charge in [0.15, 0.2) is 0 Å². The third kappa shape index (κ3) is 4.42. The lowest BCUT2D eigenvalue weighted by Gasteiger charge is -2.10. The van der Waals surface area contributed by atoms with Crippen molar-refractivity contribution in [3.8, 4) is 6.07 Å². The fourth-order valence-corrected chi connectivity index (χ4v) is 1.17. The van der Waals surface area contributed by atoms with Crippen LogP contribution in [0.15, 0.2) is 12.3 Å². The van der Waals surface area contributed by atoms with Crippen molar-refractivity contribution in [3.63, 3.8) is 0 Å². The zero-order valence-electron chi connectivity index (χ0n) is 11.4. The summed E-state index contributed by atoms with van der Waals surface area (Å²) in [5.41, 5.74) is 0.602. The Labute approximate surface area is 108 Å². The van der Waals surface area contributed by atoms with Gasteiger partial charge in [0.1, 0.15) is 11.9 Å². The van der Waals surface area contributed by atoms with Gasteiger partial charge in [-0.2, -0.15) is 5.26 Å². The van der Waals surface area contributed by atoms with E-state index in [2.05, 4.69) is 15.0 Å². The van der Waals surface area contributed by atoms with E-state index in [9.17, 15) is 4.79 Å². The molecule has 18 heavy (non-hydrogen) atoms. The number of nitrogens with one attached hydrogen (secondary N) is 1. The minimum atomic E-state index is -0.500. The van der Waals surface area contributed by atoms with Gasteiger partial charge in [-0.15, -0.1) is 0 Å². The van der Waals surface area contributed by atoms with Crippen LogP contribution in [0.1, 0.15) is 43.6 Å². The number of esters is 1. The summed E-state index contributed by atoms with van der Waals surface area (Å²) in [7, 11) is 1.29. The van der Waals surface area contributed by atoms with E-state index in [-0.39, 0.29) is 11.6 Å². The number of pyridine rings is 1. The first-order chi connectivity index (χ1) is 8.58. The molecule has 0 saturated heterocycles. The molecule has 0 aliphatic carbocycles. The molecule has 0 fully saturated rings. The van der Waals surface area contributed by atoms with E-state index in [1.165, 1.54) is 19.4 Å². The molecular formula is C13H19N3O2. The number of methoxy groups -OCH3 is 1. The van der Waals surface area contributed by atoms with Crippen LogP contribution in [-0.4, -0.2) is 24.1 Å². The zero-order valence-corrected chi connectivity index (χ0v) is 11.4. The smallest absolute Gasteiger partial charge is 0.339 e. The minimum Gasteiger partial charge on any atom is -0.465 e. The van der Waals surface area contributed by atoms with Crippen LogP contribution in [0.3, 0.4) is 0 Å². The van der Waals surface area contributed by atoms with E-state index >= 15 is 0 Å². The molecule has 0 bridgehead atoms. The molecular weight excluding hydrogens is 230 g/mol. The van der Waals surface area contributed by atoms with Gasteiger partial charge in [-0.05, 0) is 19.9 Å². The Morgan fingerprint density at radius 3 is 2.56 bits per heavy atom. The molecule has 5 nitrogen and oxygen atoms in total. The Balaban J connectivity index is 0.00000137. The van der Waals surface area contributed by atoms with Gasteiger partial charge in [0, 0.05) is 12.2 Å². The third-order valence-corrected chi connectivity index (χ3v) is 1.85. The summed E-state index contributed by atoms with van der Waals surface area (Å²) in [4.78, 5) is 15.2. The van der Waals surface area contributed by atoms with Crippen LogP contribution in [0.25, 0.3) is 0 Å². The number of carbonyl (C=O) groups is 1. The van der Waals surface area contributed by atoms with Crippen LogP contribution in [0, 0.1) is 11.3 Å². The van der Waals surface area contributed by atoms with Gasteiger partial charge in [-0.1, -0.05) is 13.8 Å². The number of carbonyl (C=O) groups excluding carboxylic acids is 1. The van der Waals surface area contributed by atoms with E-state index in [0.717, 1.165) is 0 Å². The minimum absolute atomic E-state index is 0.170. The molecule has 1 aromatic rings. The topological polar surface area (TPSA) is 75.0 Å². The quantitative estimate of drug-likeness (QED) is 0.833. The maximum Gasteiger partial charge on any atom is 0.339 e. The van der Waals surface area contributed by atoms with Crippen LogP contribution in [0.4, 0.5) is 5.82 Å². The lowest BCUT2D eigenvalue weighted by atomic mass is 10.2. The Morgan fingerprint density at radius 1 is 1.50 bits per heavy atom. The number of hydrogen-bond acceptors (Lipinski definition) is 5. The number of anilines is 1. The summed E-state index contributed by atoms with van der Waals surface area (Å²) in [5.74, 6) is -0.0229. The van der Waals surface area contributed by atoms with Crippen molar-refractivity contribution in [1.29, 1.82) is 5.26 Å². The van der Waals surface area contributed by atoms with Crippen LogP contribution >= 0.6 is 0 Å². The normalized spacial score (nSPS) is 8.94. The number of nitriles is 1. The van der Waals surface area contributed by atoms with Crippen LogP contribution < -0.4 is 5.32 Å². The molecule has 0 amide bonds. The predicted octanol–water partition coefficient (Wildman–Crippen LogP) is 2.59. The largest absolute Gasteiger partial charge is 0.465 e. The molecule has 98 valence electrons. The summed E-state index contributed by atoms with van der Waals surface area (Å²) >= 11 is 0. The average molecular weight is 249 g/mol. The van der Waals surface area contributed by atoms with Crippen molar-refractivity contribution in [2.75, 3.05) is 12.4 Å². The van der Waals surface area contributed by atoms with Gasteiger partial charge in [0.2, 0.25) is 0 Å². The van der Waals surface area contributed by atoms with E-state index in [4.69, 9.17) is 5.26 Å². The Hall–Kier alpha value is -2.09. The van der Waals surface area contributed by atoms with E-state index in [1.807, 2.05) is 33.8 Å².